The third-order valence-corrected chi connectivity index (χ3v) is 2.73. The Morgan fingerprint density at radius 3 is 2.35 bits per heavy atom. The molecule has 0 amide bonds. The van der Waals surface area contributed by atoms with Crippen LogP contribution in [0.1, 0.15) is 52.4 Å². The van der Waals surface area contributed by atoms with E-state index < -0.39 is 0 Å². The van der Waals surface area contributed by atoms with Gasteiger partial charge in [-0.1, -0.05) is 57.8 Å². The number of rotatable bonds is 11. The lowest BCUT2D eigenvalue weighted by atomic mass is 10.2. The van der Waals surface area contributed by atoms with Crippen molar-refractivity contribution in [3.63, 3.8) is 0 Å². The molecule has 100 valence electrons. The van der Waals surface area contributed by atoms with Crippen molar-refractivity contribution in [1.82, 2.24) is 4.90 Å². The van der Waals surface area contributed by atoms with Crippen molar-refractivity contribution < 1.29 is 0 Å². The van der Waals surface area contributed by atoms with Crippen LogP contribution in [0.5, 0.6) is 0 Å². The van der Waals surface area contributed by atoms with Crippen molar-refractivity contribution in [2.45, 2.75) is 52.4 Å². The fourth-order valence-electron chi connectivity index (χ4n) is 1.65. The van der Waals surface area contributed by atoms with E-state index in [0.717, 1.165) is 13.1 Å². The summed E-state index contributed by atoms with van der Waals surface area (Å²) in [4.78, 5) is 2.35. The van der Waals surface area contributed by atoms with Gasteiger partial charge in [0.15, 0.2) is 0 Å². The van der Waals surface area contributed by atoms with Crippen molar-refractivity contribution in [2.24, 2.45) is 5.73 Å². The highest BCUT2D eigenvalue weighted by molar-refractivity contribution is 4.90. The fourth-order valence-corrected chi connectivity index (χ4v) is 1.65. The fraction of sp³-hybridized carbons (Fsp3) is 0.733. The third-order valence-electron chi connectivity index (χ3n) is 2.73. The molecule has 0 spiro atoms. The molecule has 0 aromatic heterocycles. The Morgan fingerprint density at radius 2 is 1.71 bits per heavy atom. The molecule has 2 heteroatoms. The van der Waals surface area contributed by atoms with Crippen LogP contribution in [0.15, 0.2) is 24.4 Å². The van der Waals surface area contributed by atoms with Gasteiger partial charge >= 0.3 is 0 Å². The first-order chi connectivity index (χ1) is 8.35. The molecule has 0 bridgehead atoms. The Hall–Kier alpha value is -0.760. The molecular weight excluding hydrogens is 208 g/mol. The predicted molar refractivity (Wildman–Crippen MR) is 78.0 cm³/mol. The third kappa shape index (κ3) is 11.5. The number of nitrogens with zero attached hydrogens (tertiary/aromatic N) is 1. The van der Waals surface area contributed by atoms with E-state index >= 15 is 0 Å². The monoisotopic (exact) mass is 238 g/mol. The topological polar surface area (TPSA) is 29.3 Å². The number of unbranched alkanes of at least 4 members (excludes halogenated alkanes) is 4. The van der Waals surface area contributed by atoms with Gasteiger partial charge in [0.2, 0.25) is 0 Å². The number of hydrogen-bond acceptors (Lipinski definition) is 2. The minimum atomic E-state index is 0.629. The average molecular weight is 238 g/mol. The summed E-state index contributed by atoms with van der Waals surface area (Å²) in [5.41, 5.74) is 5.49. The molecule has 0 fully saturated rings. The zero-order valence-electron chi connectivity index (χ0n) is 11.7. The molecule has 0 unspecified atom stereocenters. The molecule has 0 aliphatic heterocycles. The number of allylic oxidation sites excluding steroid dienone is 1. The van der Waals surface area contributed by atoms with Crippen molar-refractivity contribution >= 4 is 0 Å². The Labute approximate surface area is 108 Å². The van der Waals surface area contributed by atoms with Crippen molar-refractivity contribution in [1.29, 1.82) is 0 Å². The summed E-state index contributed by atoms with van der Waals surface area (Å²) >= 11 is 0. The summed E-state index contributed by atoms with van der Waals surface area (Å²) in [6.45, 7) is 7.26. The largest absolute Gasteiger partial charge is 0.374 e. The van der Waals surface area contributed by atoms with Gasteiger partial charge < -0.3 is 10.6 Å². The summed E-state index contributed by atoms with van der Waals surface area (Å²) in [5, 5.41) is 0. The summed E-state index contributed by atoms with van der Waals surface area (Å²) in [6, 6.07) is 0. The Balaban J connectivity index is 3.83. The molecule has 2 nitrogen and oxygen atoms in total. The van der Waals surface area contributed by atoms with Gasteiger partial charge in [0.25, 0.3) is 0 Å². The summed E-state index contributed by atoms with van der Waals surface area (Å²) in [6.07, 6.45) is 16.4. The first-order valence-corrected chi connectivity index (χ1v) is 7.10. The molecular formula is C15H30N2. The lowest BCUT2D eigenvalue weighted by Gasteiger charge is -2.18. The average Bonchev–Trinajstić information content (AvgIpc) is 2.35. The van der Waals surface area contributed by atoms with Gasteiger partial charge in [0, 0.05) is 19.6 Å². The van der Waals surface area contributed by atoms with Crippen LogP contribution in [0.25, 0.3) is 0 Å². The second kappa shape index (κ2) is 13.3. The van der Waals surface area contributed by atoms with Crippen LogP contribution in [-0.4, -0.2) is 24.5 Å². The van der Waals surface area contributed by atoms with E-state index in [4.69, 9.17) is 5.73 Å². The van der Waals surface area contributed by atoms with Gasteiger partial charge in [-0.05, 0) is 19.0 Å². The smallest absolute Gasteiger partial charge is 0.0353 e. The SMILES string of the molecule is CCCC/C=C\CN(/C=C\CN)CCCCC. The maximum Gasteiger partial charge on any atom is 0.0353 e. The molecule has 0 aliphatic rings. The molecule has 0 atom stereocenters. The van der Waals surface area contributed by atoms with Gasteiger partial charge in [0.1, 0.15) is 0 Å². The summed E-state index contributed by atoms with van der Waals surface area (Å²) < 4.78 is 0. The van der Waals surface area contributed by atoms with Crippen LogP contribution < -0.4 is 5.73 Å². The van der Waals surface area contributed by atoms with E-state index in [1.165, 1.54) is 38.5 Å². The zero-order valence-corrected chi connectivity index (χ0v) is 11.7. The van der Waals surface area contributed by atoms with Crippen LogP contribution in [0, 0.1) is 0 Å². The quantitative estimate of drug-likeness (QED) is 0.439. The first kappa shape index (κ1) is 16.2. The van der Waals surface area contributed by atoms with Crippen LogP contribution in [0.4, 0.5) is 0 Å². The van der Waals surface area contributed by atoms with Gasteiger partial charge in [0.05, 0.1) is 0 Å². The van der Waals surface area contributed by atoms with Crippen LogP contribution in [-0.2, 0) is 0 Å². The highest BCUT2D eigenvalue weighted by atomic mass is 15.1. The van der Waals surface area contributed by atoms with Gasteiger partial charge in [-0.15, -0.1) is 0 Å². The minimum absolute atomic E-state index is 0.629. The summed E-state index contributed by atoms with van der Waals surface area (Å²) in [5.74, 6) is 0. The van der Waals surface area contributed by atoms with Gasteiger partial charge in [-0.3, -0.25) is 0 Å². The molecule has 0 aliphatic carbocycles. The van der Waals surface area contributed by atoms with Crippen molar-refractivity contribution in [3.05, 3.63) is 24.4 Å². The second-order valence-corrected chi connectivity index (χ2v) is 4.44. The van der Waals surface area contributed by atoms with Crippen LogP contribution in [0.2, 0.25) is 0 Å². The predicted octanol–water partition coefficient (Wildman–Crippen LogP) is 3.70. The Kier molecular flexibility index (Phi) is 12.7. The van der Waals surface area contributed by atoms with E-state index in [2.05, 4.69) is 37.1 Å². The lowest BCUT2D eigenvalue weighted by molar-refractivity contribution is 0.398. The maximum absolute atomic E-state index is 5.49. The zero-order chi connectivity index (χ0) is 12.8. The van der Waals surface area contributed by atoms with Crippen molar-refractivity contribution in [2.75, 3.05) is 19.6 Å². The van der Waals surface area contributed by atoms with Gasteiger partial charge in [-0.25, -0.2) is 0 Å². The van der Waals surface area contributed by atoms with E-state index in [9.17, 15) is 0 Å². The minimum Gasteiger partial charge on any atom is -0.374 e. The standard InChI is InChI=1S/C15H30N2/c1-3-5-7-8-10-14-17(15-11-12-16)13-9-6-4-2/h8,10-11,15H,3-7,9,12-14,16H2,1-2H3/b10-8-,15-11-. The van der Waals surface area contributed by atoms with E-state index in [1.807, 2.05) is 6.08 Å². The molecule has 17 heavy (non-hydrogen) atoms. The highest BCUT2D eigenvalue weighted by Gasteiger charge is 1.95. The molecule has 0 saturated carbocycles. The van der Waals surface area contributed by atoms with Crippen molar-refractivity contribution in [3.8, 4) is 0 Å². The van der Waals surface area contributed by atoms with E-state index in [0.29, 0.717) is 6.54 Å². The maximum atomic E-state index is 5.49. The molecule has 0 heterocycles. The molecule has 0 radical (unpaired) electrons. The highest BCUT2D eigenvalue weighted by Crippen LogP contribution is 2.01. The molecule has 0 saturated heterocycles. The Bertz CT molecular complexity index is 197. The second-order valence-electron chi connectivity index (χ2n) is 4.44. The van der Waals surface area contributed by atoms with Crippen LogP contribution >= 0.6 is 0 Å². The molecule has 2 N–H and O–H groups in total. The van der Waals surface area contributed by atoms with E-state index in [-0.39, 0.29) is 0 Å². The van der Waals surface area contributed by atoms with Gasteiger partial charge in [-0.2, -0.15) is 0 Å². The number of hydrogen-bond donors (Lipinski definition) is 1. The number of nitrogens with two attached hydrogens (primary N) is 1. The molecule has 0 rings (SSSR count). The molecule has 0 aromatic rings. The van der Waals surface area contributed by atoms with E-state index in [1.54, 1.807) is 0 Å². The van der Waals surface area contributed by atoms with Crippen LogP contribution in [0.3, 0.4) is 0 Å². The molecule has 0 aromatic carbocycles. The Morgan fingerprint density at radius 1 is 0.941 bits per heavy atom. The normalized spacial score (nSPS) is 11.7. The summed E-state index contributed by atoms with van der Waals surface area (Å²) in [7, 11) is 0. The lowest BCUT2D eigenvalue weighted by Crippen LogP contribution is -2.19. The first-order valence-electron chi connectivity index (χ1n) is 7.10.